The van der Waals surface area contributed by atoms with E-state index in [1.54, 1.807) is 0 Å². The topological polar surface area (TPSA) is 57.4 Å². The normalized spacial score (nSPS) is 10.5. The van der Waals surface area contributed by atoms with Crippen LogP contribution in [0.1, 0.15) is 5.56 Å². The van der Waals surface area contributed by atoms with Crippen molar-refractivity contribution in [1.82, 2.24) is 10.2 Å². The van der Waals surface area contributed by atoms with Crippen LogP contribution in [0.4, 0.5) is 0 Å². The van der Waals surface area contributed by atoms with Crippen LogP contribution in [0.15, 0.2) is 89.7 Å². The van der Waals surface area contributed by atoms with Crippen molar-refractivity contribution >= 4 is 0 Å². The van der Waals surface area contributed by atoms with Gasteiger partial charge in [0.05, 0.1) is 0 Å². The fourth-order valence-corrected chi connectivity index (χ4v) is 2.49. The highest BCUT2D eigenvalue weighted by molar-refractivity contribution is 5.53. The Hall–Kier alpha value is -3.60. The molecule has 5 nitrogen and oxygen atoms in total. The zero-order valence-electron chi connectivity index (χ0n) is 13.9. The summed E-state index contributed by atoms with van der Waals surface area (Å²) in [7, 11) is 0. The predicted molar refractivity (Wildman–Crippen MR) is 97.0 cm³/mol. The third-order valence-corrected chi connectivity index (χ3v) is 3.80. The molecule has 128 valence electrons. The van der Waals surface area contributed by atoms with Crippen LogP contribution in [0, 0.1) is 0 Å². The molecule has 0 atom stereocenters. The number of aromatic nitrogens is 2. The van der Waals surface area contributed by atoms with E-state index < -0.39 is 0 Å². The Morgan fingerprint density at radius 1 is 0.769 bits per heavy atom. The molecule has 0 aliphatic carbocycles. The molecule has 4 aromatic rings. The van der Waals surface area contributed by atoms with Crippen LogP contribution >= 0.6 is 0 Å². The van der Waals surface area contributed by atoms with Crippen LogP contribution in [-0.2, 0) is 6.61 Å². The van der Waals surface area contributed by atoms with Crippen LogP contribution < -0.4 is 9.47 Å². The van der Waals surface area contributed by atoms with Crippen LogP contribution in [0.3, 0.4) is 0 Å². The minimum atomic E-state index is 0.406. The Labute approximate surface area is 150 Å². The first-order chi connectivity index (χ1) is 12.9. The molecule has 0 bridgehead atoms. The number of para-hydroxylation sites is 2. The highest BCUT2D eigenvalue weighted by atomic mass is 16.5. The van der Waals surface area contributed by atoms with Gasteiger partial charge in [0.25, 0.3) is 0 Å². The molecule has 0 aliphatic heterocycles. The van der Waals surface area contributed by atoms with Crippen molar-refractivity contribution in [3.63, 3.8) is 0 Å². The fourth-order valence-electron chi connectivity index (χ4n) is 2.49. The highest BCUT2D eigenvalue weighted by Crippen LogP contribution is 2.27. The Kier molecular flexibility index (Phi) is 4.60. The van der Waals surface area contributed by atoms with Gasteiger partial charge in [0, 0.05) is 11.1 Å². The second kappa shape index (κ2) is 7.53. The molecule has 0 spiro atoms. The molecule has 0 saturated heterocycles. The lowest BCUT2D eigenvalue weighted by Gasteiger charge is -2.12. The van der Waals surface area contributed by atoms with Crippen molar-refractivity contribution < 1.29 is 13.9 Å². The molecule has 0 N–H and O–H groups in total. The van der Waals surface area contributed by atoms with E-state index in [-0.39, 0.29) is 0 Å². The third-order valence-electron chi connectivity index (χ3n) is 3.80. The molecule has 1 heterocycles. The summed E-state index contributed by atoms with van der Waals surface area (Å²) in [5, 5.41) is 7.57. The number of hydrogen-bond acceptors (Lipinski definition) is 5. The maximum absolute atomic E-state index is 5.96. The minimum Gasteiger partial charge on any atom is -0.489 e. The van der Waals surface area contributed by atoms with Crippen molar-refractivity contribution in [3.8, 4) is 28.7 Å². The molecule has 0 radical (unpaired) electrons. The summed E-state index contributed by atoms with van der Waals surface area (Å²) in [6.07, 6.45) is 1.31. The largest absolute Gasteiger partial charge is 0.489 e. The van der Waals surface area contributed by atoms with Crippen molar-refractivity contribution in [2.24, 2.45) is 0 Å². The van der Waals surface area contributed by atoms with E-state index in [9.17, 15) is 0 Å². The maximum atomic E-state index is 5.96. The predicted octanol–water partition coefficient (Wildman–Crippen LogP) is 5.11. The Bertz CT molecular complexity index is 952. The van der Waals surface area contributed by atoms with Gasteiger partial charge >= 0.3 is 0 Å². The number of ether oxygens (including phenoxy) is 2. The van der Waals surface area contributed by atoms with Gasteiger partial charge in [0.2, 0.25) is 12.3 Å². The van der Waals surface area contributed by atoms with Gasteiger partial charge in [-0.1, -0.05) is 36.4 Å². The maximum Gasteiger partial charge on any atom is 0.247 e. The number of hydrogen-bond donors (Lipinski definition) is 0. The monoisotopic (exact) mass is 344 g/mol. The van der Waals surface area contributed by atoms with E-state index in [4.69, 9.17) is 13.9 Å². The molecule has 5 heteroatoms. The summed E-state index contributed by atoms with van der Waals surface area (Å²) in [4.78, 5) is 0. The van der Waals surface area contributed by atoms with Gasteiger partial charge in [0.1, 0.15) is 23.9 Å². The summed E-state index contributed by atoms with van der Waals surface area (Å²) < 4.78 is 17.0. The van der Waals surface area contributed by atoms with Crippen LogP contribution in [0.5, 0.6) is 17.2 Å². The van der Waals surface area contributed by atoms with E-state index in [1.807, 2.05) is 78.9 Å². The van der Waals surface area contributed by atoms with E-state index in [2.05, 4.69) is 10.2 Å². The number of rotatable bonds is 6. The van der Waals surface area contributed by atoms with E-state index in [0.29, 0.717) is 12.5 Å². The van der Waals surface area contributed by atoms with Gasteiger partial charge in [-0.25, -0.2) is 0 Å². The Morgan fingerprint density at radius 2 is 1.54 bits per heavy atom. The minimum absolute atomic E-state index is 0.406. The van der Waals surface area contributed by atoms with Crippen LogP contribution in [0.2, 0.25) is 0 Å². The number of nitrogens with zero attached hydrogens (tertiary/aromatic N) is 2. The number of benzene rings is 3. The summed E-state index contributed by atoms with van der Waals surface area (Å²) in [6, 6.07) is 25.1. The van der Waals surface area contributed by atoms with Gasteiger partial charge in [-0.05, 0) is 42.5 Å². The SMILES string of the molecule is c1ccc(Oc2ccccc2COc2ccc(-c3nnco3)cc2)cc1. The summed E-state index contributed by atoms with van der Waals surface area (Å²) in [6.45, 7) is 0.406. The molecule has 0 aliphatic rings. The molecule has 4 rings (SSSR count). The van der Waals surface area contributed by atoms with Crippen molar-refractivity contribution in [3.05, 3.63) is 90.8 Å². The molecule has 1 aromatic heterocycles. The third kappa shape index (κ3) is 3.72. The Morgan fingerprint density at radius 3 is 2.31 bits per heavy atom. The van der Waals surface area contributed by atoms with Gasteiger partial charge < -0.3 is 13.9 Å². The lowest BCUT2D eigenvalue weighted by atomic mass is 10.2. The smallest absolute Gasteiger partial charge is 0.247 e. The average Bonchev–Trinajstić information content (AvgIpc) is 3.23. The summed E-state index contributed by atoms with van der Waals surface area (Å²) in [5.41, 5.74) is 1.82. The molecule has 0 saturated carbocycles. The summed E-state index contributed by atoms with van der Waals surface area (Å²) >= 11 is 0. The van der Waals surface area contributed by atoms with Crippen molar-refractivity contribution in [1.29, 1.82) is 0 Å². The van der Waals surface area contributed by atoms with Crippen LogP contribution in [0.25, 0.3) is 11.5 Å². The van der Waals surface area contributed by atoms with E-state index in [1.165, 1.54) is 6.39 Å². The van der Waals surface area contributed by atoms with Gasteiger partial charge in [0.15, 0.2) is 0 Å². The molecule has 3 aromatic carbocycles. The van der Waals surface area contributed by atoms with Gasteiger partial charge in [-0.2, -0.15) is 0 Å². The van der Waals surface area contributed by atoms with E-state index in [0.717, 1.165) is 28.4 Å². The lowest BCUT2D eigenvalue weighted by molar-refractivity contribution is 0.300. The highest BCUT2D eigenvalue weighted by Gasteiger charge is 2.07. The van der Waals surface area contributed by atoms with Crippen molar-refractivity contribution in [2.45, 2.75) is 6.61 Å². The molecule has 0 unspecified atom stereocenters. The zero-order chi connectivity index (χ0) is 17.6. The first kappa shape index (κ1) is 15.9. The van der Waals surface area contributed by atoms with Gasteiger partial charge in [-0.15, -0.1) is 10.2 Å². The van der Waals surface area contributed by atoms with Gasteiger partial charge in [-0.3, -0.25) is 0 Å². The summed E-state index contributed by atoms with van der Waals surface area (Å²) in [5.74, 6) is 2.81. The average molecular weight is 344 g/mol. The first-order valence-electron chi connectivity index (χ1n) is 8.19. The molecule has 0 amide bonds. The van der Waals surface area contributed by atoms with Crippen LogP contribution in [-0.4, -0.2) is 10.2 Å². The standard InChI is InChI=1S/C21H16N2O3/c1-2-7-19(8-3-1)26-20-9-5-4-6-17(20)14-24-18-12-10-16(11-13-18)21-23-22-15-25-21/h1-13,15H,14H2. The molecular weight excluding hydrogens is 328 g/mol. The first-order valence-corrected chi connectivity index (χ1v) is 8.19. The lowest BCUT2D eigenvalue weighted by Crippen LogP contribution is -1.98. The molecule has 0 fully saturated rings. The zero-order valence-corrected chi connectivity index (χ0v) is 13.9. The second-order valence-corrected chi connectivity index (χ2v) is 5.58. The van der Waals surface area contributed by atoms with E-state index >= 15 is 0 Å². The molecular formula is C21H16N2O3. The second-order valence-electron chi connectivity index (χ2n) is 5.58. The van der Waals surface area contributed by atoms with Crippen molar-refractivity contribution in [2.75, 3.05) is 0 Å². The quantitative estimate of drug-likeness (QED) is 0.486. The fraction of sp³-hybridized carbons (Fsp3) is 0.0476. The Balaban J connectivity index is 1.45. The molecule has 26 heavy (non-hydrogen) atoms.